The van der Waals surface area contributed by atoms with Crippen LogP contribution in [0.1, 0.15) is 37.5 Å². The molecule has 0 amide bonds. The van der Waals surface area contributed by atoms with Gasteiger partial charge in [-0.1, -0.05) is 54.6 Å². The fourth-order valence-electron chi connectivity index (χ4n) is 3.89. The van der Waals surface area contributed by atoms with Gasteiger partial charge in [0.2, 0.25) is 5.95 Å². The van der Waals surface area contributed by atoms with Gasteiger partial charge in [0.05, 0.1) is 5.52 Å². The van der Waals surface area contributed by atoms with Gasteiger partial charge in [-0.3, -0.25) is 0 Å². The maximum absolute atomic E-state index is 6.25. The quantitative estimate of drug-likeness (QED) is 0.419. The number of rotatable bonds is 6. The molecule has 4 rings (SSSR count). The van der Waals surface area contributed by atoms with Gasteiger partial charge >= 0.3 is 0 Å². The van der Waals surface area contributed by atoms with E-state index in [9.17, 15) is 0 Å². The molecule has 1 atom stereocenters. The summed E-state index contributed by atoms with van der Waals surface area (Å²) in [6.45, 7) is 8.34. The Hall–Kier alpha value is -3.24. The van der Waals surface area contributed by atoms with E-state index in [1.54, 1.807) is 0 Å². The van der Waals surface area contributed by atoms with E-state index in [1.807, 2.05) is 20.0 Å². The molecule has 4 nitrogen and oxygen atoms in total. The molecular weight excluding hydrogens is 380 g/mol. The van der Waals surface area contributed by atoms with Crippen molar-refractivity contribution in [3.8, 4) is 11.1 Å². The molecule has 0 aliphatic heterocycles. The molecule has 0 unspecified atom stereocenters. The fourth-order valence-corrected chi connectivity index (χ4v) is 3.89. The van der Waals surface area contributed by atoms with Gasteiger partial charge in [-0.2, -0.15) is 0 Å². The summed E-state index contributed by atoms with van der Waals surface area (Å²) in [6.07, 6.45) is 2.77. The summed E-state index contributed by atoms with van der Waals surface area (Å²) in [5.74, 6) is 0.652. The molecule has 0 bridgehead atoms. The van der Waals surface area contributed by atoms with Crippen LogP contribution < -0.4 is 11.1 Å². The Labute approximate surface area is 184 Å². The molecule has 0 spiro atoms. The standard InChI is InChI=1S/C27H30N4/c1-18-8-5-6-11-24(18)21-12-13-25-22(16-21)17-29-26(31-25)30-19(2)14-20-9-7-10-23(15-20)27(3,4)28/h5-13,15-17,19H,14,28H2,1-4H3,(H,29,30,31)/t19-/m0/s1. The van der Waals surface area contributed by atoms with Crippen LogP contribution in [0.3, 0.4) is 0 Å². The van der Waals surface area contributed by atoms with Crippen molar-refractivity contribution in [2.45, 2.75) is 45.7 Å². The number of benzene rings is 3. The summed E-state index contributed by atoms with van der Waals surface area (Å²) in [7, 11) is 0. The van der Waals surface area contributed by atoms with Crippen LogP contribution in [0.15, 0.2) is 72.9 Å². The highest BCUT2D eigenvalue weighted by molar-refractivity contribution is 5.85. The second kappa shape index (κ2) is 8.48. The first-order valence-corrected chi connectivity index (χ1v) is 10.8. The highest BCUT2D eigenvalue weighted by atomic mass is 15.1. The van der Waals surface area contributed by atoms with Crippen molar-refractivity contribution in [1.82, 2.24) is 9.97 Å². The lowest BCUT2D eigenvalue weighted by atomic mass is 9.93. The van der Waals surface area contributed by atoms with E-state index >= 15 is 0 Å². The van der Waals surface area contributed by atoms with Gasteiger partial charge in [0, 0.05) is 23.2 Å². The number of nitrogens with two attached hydrogens (primary N) is 1. The Bertz CT molecular complexity index is 1210. The van der Waals surface area contributed by atoms with Crippen LogP contribution in [0, 0.1) is 6.92 Å². The summed E-state index contributed by atoms with van der Waals surface area (Å²) >= 11 is 0. The summed E-state index contributed by atoms with van der Waals surface area (Å²) in [4.78, 5) is 9.29. The van der Waals surface area contributed by atoms with Crippen LogP contribution in [0.2, 0.25) is 0 Å². The molecule has 0 fully saturated rings. The van der Waals surface area contributed by atoms with Crippen LogP contribution in [0.25, 0.3) is 22.0 Å². The first-order chi connectivity index (χ1) is 14.8. The predicted octanol–water partition coefficient (Wildman–Crippen LogP) is 5.84. The van der Waals surface area contributed by atoms with E-state index in [4.69, 9.17) is 10.7 Å². The van der Waals surface area contributed by atoms with Crippen LogP contribution in [0.4, 0.5) is 5.95 Å². The first-order valence-electron chi connectivity index (χ1n) is 10.8. The van der Waals surface area contributed by atoms with Crippen molar-refractivity contribution in [2.24, 2.45) is 5.73 Å². The summed E-state index contributed by atoms with van der Waals surface area (Å²) in [5, 5.41) is 4.48. The molecule has 0 saturated carbocycles. The largest absolute Gasteiger partial charge is 0.351 e. The van der Waals surface area contributed by atoms with E-state index in [1.165, 1.54) is 22.3 Å². The van der Waals surface area contributed by atoms with Gasteiger partial charge in [-0.15, -0.1) is 0 Å². The Kier molecular flexibility index (Phi) is 5.75. The van der Waals surface area contributed by atoms with Crippen molar-refractivity contribution in [3.05, 3.63) is 89.6 Å². The maximum atomic E-state index is 6.25. The highest BCUT2D eigenvalue weighted by Gasteiger charge is 2.15. The number of nitrogens with one attached hydrogen (secondary N) is 1. The summed E-state index contributed by atoms with van der Waals surface area (Å²) in [5.41, 5.74) is 12.9. The normalized spacial score (nSPS) is 12.7. The van der Waals surface area contributed by atoms with Crippen molar-refractivity contribution in [3.63, 3.8) is 0 Å². The first kappa shape index (κ1) is 21.0. The molecule has 4 heteroatoms. The highest BCUT2D eigenvalue weighted by Crippen LogP contribution is 2.26. The van der Waals surface area contributed by atoms with Crippen molar-refractivity contribution < 1.29 is 0 Å². The second-order valence-electron chi connectivity index (χ2n) is 8.95. The molecular formula is C27H30N4. The number of hydrogen-bond donors (Lipinski definition) is 2. The lowest BCUT2D eigenvalue weighted by molar-refractivity contribution is 0.553. The maximum Gasteiger partial charge on any atom is 0.223 e. The number of fused-ring (bicyclic) bond motifs is 1. The number of aromatic nitrogens is 2. The van der Waals surface area contributed by atoms with Crippen LogP contribution in [-0.4, -0.2) is 16.0 Å². The Morgan fingerprint density at radius 3 is 2.58 bits per heavy atom. The number of aryl methyl sites for hydroxylation is 1. The Balaban J connectivity index is 1.50. The molecule has 158 valence electrons. The average molecular weight is 411 g/mol. The van der Waals surface area contributed by atoms with Gasteiger partial charge in [0.15, 0.2) is 0 Å². The molecule has 3 N–H and O–H groups in total. The minimum atomic E-state index is -0.342. The second-order valence-corrected chi connectivity index (χ2v) is 8.95. The topological polar surface area (TPSA) is 63.8 Å². The zero-order valence-electron chi connectivity index (χ0n) is 18.7. The third-order valence-corrected chi connectivity index (χ3v) is 5.62. The smallest absolute Gasteiger partial charge is 0.223 e. The molecule has 0 saturated heterocycles. The van der Waals surface area contributed by atoms with Crippen LogP contribution >= 0.6 is 0 Å². The van der Waals surface area contributed by atoms with Gasteiger partial charge in [-0.05, 0) is 74.1 Å². The fraction of sp³-hybridized carbons (Fsp3) is 0.259. The van der Waals surface area contributed by atoms with Gasteiger partial charge in [-0.25, -0.2) is 9.97 Å². The van der Waals surface area contributed by atoms with Crippen molar-refractivity contribution in [2.75, 3.05) is 5.32 Å². The third-order valence-electron chi connectivity index (χ3n) is 5.62. The van der Waals surface area contributed by atoms with E-state index in [2.05, 4.69) is 90.9 Å². The summed E-state index contributed by atoms with van der Waals surface area (Å²) < 4.78 is 0. The monoisotopic (exact) mass is 410 g/mol. The minimum absolute atomic E-state index is 0.194. The number of anilines is 1. The average Bonchev–Trinajstić information content (AvgIpc) is 2.73. The molecule has 3 aromatic carbocycles. The predicted molar refractivity (Wildman–Crippen MR) is 130 cm³/mol. The van der Waals surface area contributed by atoms with Crippen molar-refractivity contribution in [1.29, 1.82) is 0 Å². The SMILES string of the molecule is Cc1ccccc1-c1ccc2nc(N[C@@H](C)Cc3cccc(C(C)(C)N)c3)ncc2c1. The lowest BCUT2D eigenvalue weighted by Gasteiger charge is -2.21. The van der Waals surface area contributed by atoms with Crippen LogP contribution in [-0.2, 0) is 12.0 Å². The van der Waals surface area contributed by atoms with Gasteiger partial charge in [0.1, 0.15) is 0 Å². The summed E-state index contributed by atoms with van der Waals surface area (Å²) in [6, 6.07) is 23.5. The molecule has 31 heavy (non-hydrogen) atoms. The zero-order chi connectivity index (χ0) is 22.0. The molecule has 1 aromatic heterocycles. The molecule has 1 heterocycles. The molecule has 0 radical (unpaired) electrons. The van der Waals surface area contributed by atoms with Gasteiger partial charge < -0.3 is 11.1 Å². The van der Waals surface area contributed by atoms with Crippen LogP contribution in [0.5, 0.6) is 0 Å². The molecule has 4 aromatic rings. The minimum Gasteiger partial charge on any atom is -0.351 e. The Morgan fingerprint density at radius 2 is 1.81 bits per heavy atom. The van der Waals surface area contributed by atoms with Crippen molar-refractivity contribution >= 4 is 16.9 Å². The van der Waals surface area contributed by atoms with E-state index in [-0.39, 0.29) is 11.6 Å². The molecule has 0 aliphatic carbocycles. The third kappa shape index (κ3) is 4.92. The number of hydrogen-bond acceptors (Lipinski definition) is 4. The Morgan fingerprint density at radius 1 is 1.00 bits per heavy atom. The number of nitrogens with zero attached hydrogens (tertiary/aromatic N) is 2. The van der Waals surface area contributed by atoms with E-state index < -0.39 is 0 Å². The lowest BCUT2D eigenvalue weighted by Crippen LogP contribution is -2.29. The van der Waals surface area contributed by atoms with Gasteiger partial charge in [0.25, 0.3) is 0 Å². The van der Waals surface area contributed by atoms with E-state index in [0.717, 1.165) is 22.9 Å². The molecule has 0 aliphatic rings. The zero-order valence-corrected chi connectivity index (χ0v) is 18.7. The van der Waals surface area contributed by atoms with E-state index in [0.29, 0.717) is 5.95 Å².